The first-order valence-electron chi connectivity index (χ1n) is 8.66. The number of amides is 2. The summed E-state index contributed by atoms with van der Waals surface area (Å²) >= 11 is 1.51. The Bertz CT molecular complexity index is 916. The Morgan fingerprint density at radius 2 is 1.93 bits per heavy atom. The summed E-state index contributed by atoms with van der Waals surface area (Å²) in [7, 11) is 0. The molecule has 3 aromatic rings. The molecular formula is C19H18N4O3S. The minimum atomic E-state index is -0.132. The molecule has 1 fully saturated rings. The van der Waals surface area contributed by atoms with Crippen LogP contribution in [0.5, 0.6) is 0 Å². The molecule has 0 bridgehead atoms. The zero-order valence-corrected chi connectivity index (χ0v) is 15.4. The highest BCUT2D eigenvalue weighted by Gasteiger charge is 2.26. The van der Waals surface area contributed by atoms with Gasteiger partial charge in [0.15, 0.2) is 5.76 Å². The molecule has 0 spiro atoms. The molecule has 27 heavy (non-hydrogen) atoms. The fraction of sp³-hybridized carbons (Fsp3) is 0.263. The van der Waals surface area contributed by atoms with Crippen LogP contribution in [0.25, 0.3) is 10.6 Å². The number of nitrogens with zero attached hydrogens (tertiary/aromatic N) is 4. The van der Waals surface area contributed by atoms with Crippen molar-refractivity contribution in [1.29, 1.82) is 0 Å². The molecule has 138 valence electrons. The molecule has 1 saturated heterocycles. The van der Waals surface area contributed by atoms with Gasteiger partial charge in [0.2, 0.25) is 5.91 Å². The maximum absolute atomic E-state index is 12.6. The monoisotopic (exact) mass is 382 g/mol. The fourth-order valence-corrected chi connectivity index (χ4v) is 3.80. The summed E-state index contributed by atoms with van der Waals surface area (Å²) in [4.78, 5) is 37.0. The zero-order chi connectivity index (χ0) is 18.6. The van der Waals surface area contributed by atoms with Gasteiger partial charge < -0.3 is 14.2 Å². The van der Waals surface area contributed by atoms with E-state index in [1.54, 1.807) is 34.3 Å². The number of hydrogen-bond acceptors (Lipinski definition) is 6. The van der Waals surface area contributed by atoms with Crippen molar-refractivity contribution in [1.82, 2.24) is 19.8 Å². The predicted molar refractivity (Wildman–Crippen MR) is 100 cm³/mol. The van der Waals surface area contributed by atoms with E-state index in [1.807, 2.05) is 17.5 Å². The predicted octanol–water partition coefficient (Wildman–Crippen LogP) is 2.33. The minimum absolute atomic E-state index is 0.0307. The van der Waals surface area contributed by atoms with E-state index >= 15 is 0 Å². The van der Waals surface area contributed by atoms with E-state index in [4.69, 9.17) is 4.42 Å². The Labute approximate surface area is 160 Å². The molecule has 0 saturated carbocycles. The van der Waals surface area contributed by atoms with Gasteiger partial charge >= 0.3 is 0 Å². The number of carbonyl (C=O) groups excluding carboxylic acids is 2. The van der Waals surface area contributed by atoms with Crippen molar-refractivity contribution in [2.24, 2.45) is 0 Å². The van der Waals surface area contributed by atoms with Crippen molar-refractivity contribution >= 4 is 23.2 Å². The van der Waals surface area contributed by atoms with Crippen LogP contribution in [-0.4, -0.2) is 57.8 Å². The van der Waals surface area contributed by atoms with Gasteiger partial charge in [0.05, 0.1) is 18.4 Å². The third kappa shape index (κ3) is 3.90. The van der Waals surface area contributed by atoms with Crippen LogP contribution < -0.4 is 0 Å². The van der Waals surface area contributed by atoms with Gasteiger partial charge in [-0.2, -0.15) is 0 Å². The molecule has 0 atom stereocenters. The highest BCUT2D eigenvalue weighted by atomic mass is 32.1. The highest BCUT2D eigenvalue weighted by molar-refractivity contribution is 7.13. The van der Waals surface area contributed by atoms with E-state index in [9.17, 15) is 9.59 Å². The molecule has 4 rings (SSSR count). The number of aromatic nitrogens is 2. The molecule has 0 unspecified atom stereocenters. The SMILES string of the molecule is O=C(Cc1csc(-c2cccnc2)n1)N1CCN(C(=O)c2ccco2)CC1. The Morgan fingerprint density at radius 3 is 2.63 bits per heavy atom. The van der Waals surface area contributed by atoms with Crippen LogP contribution >= 0.6 is 11.3 Å². The van der Waals surface area contributed by atoms with Gasteiger partial charge in [-0.3, -0.25) is 14.6 Å². The number of thiazole rings is 1. The van der Waals surface area contributed by atoms with Crippen LogP contribution in [0.3, 0.4) is 0 Å². The van der Waals surface area contributed by atoms with Crippen molar-refractivity contribution in [2.45, 2.75) is 6.42 Å². The molecule has 4 heterocycles. The molecule has 1 aliphatic rings. The summed E-state index contributed by atoms with van der Waals surface area (Å²) < 4.78 is 5.16. The van der Waals surface area contributed by atoms with E-state index in [1.165, 1.54) is 17.6 Å². The average Bonchev–Trinajstić information content (AvgIpc) is 3.40. The lowest BCUT2D eigenvalue weighted by Gasteiger charge is -2.34. The van der Waals surface area contributed by atoms with Crippen molar-refractivity contribution < 1.29 is 14.0 Å². The maximum atomic E-state index is 12.6. The second-order valence-corrected chi connectivity index (χ2v) is 7.07. The van der Waals surface area contributed by atoms with Gasteiger partial charge in [0.1, 0.15) is 5.01 Å². The summed E-state index contributed by atoms with van der Waals surface area (Å²) in [5, 5.41) is 2.77. The second-order valence-electron chi connectivity index (χ2n) is 6.21. The Kier molecular flexibility index (Phi) is 4.97. The maximum Gasteiger partial charge on any atom is 0.289 e. The summed E-state index contributed by atoms with van der Waals surface area (Å²) in [5.74, 6) is 0.232. The summed E-state index contributed by atoms with van der Waals surface area (Å²) in [6.45, 7) is 2.04. The van der Waals surface area contributed by atoms with Crippen LogP contribution in [0.1, 0.15) is 16.2 Å². The van der Waals surface area contributed by atoms with Crippen LogP contribution in [0.4, 0.5) is 0 Å². The van der Waals surface area contributed by atoms with Crippen LogP contribution in [0, 0.1) is 0 Å². The summed E-state index contributed by atoms with van der Waals surface area (Å²) in [5.41, 5.74) is 1.71. The molecule has 0 radical (unpaired) electrons. The lowest BCUT2D eigenvalue weighted by molar-refractivity contribution is -0.132. The quantitative estimate of drug-likeness (QED) is 0.692. The van der Waals surface area contributed by atoms with Gasteiger partial charge in [-0.15, -0.1) is 11.3 Å². The van der Waals surface area contributed by atoms with Crippen molar-refractivity contribution in [3.05, 3.63) is 59.8 Å². The Morgan fingerprint density at radius 1 is 1.11 bits per heavy atom. The number of pyridine rings is 1. The third-order valence-electron chi connectivity index (χ3n) is 4.44. The van der Waals surface area contributed by atoms with E-state index in [-0.39, 0.29) is 18.2 Å². The van der Waals surface area contributed by atoms with E-state index < -0.39 is 0 Å². The Balaban J connectivity index is 1.32. The lowest BCUT2D eigenvalue weighted by Crippen LogP contribution is -2.50. The van der Waals surface area contributed by atoms with Gasteiger partial charge in [0.25, 0.3) is 5.91 Å². The topological polar surface area (TPSA) is 79.5 Å². The minimum Gasteiger partial charge on any atom is -0.459 e. The first kappa shape index (κ1) is 17.4. The first-order valence-corrected chi connectivity index (χ1v) is 9.54. The Hall–Kier alpha value is -3.00. The van der Waals surface area contributed by atoms with Gasteiger partial charge in [-0.05, 0) is 24.3 Å². The van der Waals surface area contributed by atoms with Crippen LogP contribution in [-0.2, 0) is 11.2 Å². The molecule has 2 amide bonds. The molecule has 0 N–H and O–H groups in total. The van der Waals surface area contributed by atoms with Crippen molar-refractivity contribution in [2.75, 3.05) is 26.2 Å². The molecular weight excluding hydrogens is 364 g/mol. The molecule has 0 aromatic carbocycles. The van der Waals surface area contributed by atoms with E-state index in [0.717, 1.165) is 16.3 Å². The zero-order valence-electron chi connectivity index (χ0n) is 14.6. The first-order chi connectivity index (χ1) is 13.2. The lowest BCUT2D eigenvalue weighted by atomic mass is 10.2. The fourth-order valence-electron chi connectivity index (χ4n) is 2.99. The third-order valence-corrected chi connectivity index (χ3v) is 5.38. The molecule has 8 heteroatoms. The van der Waals surface area contributed by atoms with Crippen LogP contribution in [0.15, 0.2) is 52.7 Å². The average molecular weight is 382 g/mol. The van der Waals surface area contributed by atoms with Crippen LogP contribution in [0.2, 0.25) is 0 Å². The number of piperazine rings is 1. The van der Waals surface area contributed by atoms with Gasteiger partial charge in [0, 0.05) is 49.5 Å². The number of furan rings is 1. The number of hydrogen-bond donors (Lipinski definition) is 0. The van der Waals surface area contributed by atoms with E-state index in [2.05, 4.69) is 9.97 Å². The summed E-state index contributed by atoms with van der Waals surface area (Å²) in [6.07, 6.45) is 5.24. The van der Waals surface area contributed by atoms with Gasteiger partial charge in [-0.1, -0.05) is 0 Å². The van der Waals surface area contributed by atoms with Crippen molar-refractivity contribution in [3.63, 3.8) is 0 Å². The number of carbonyl (C=O) groups is 2. The highest BCUT2D eigenvalue weighted by Crippen LogP contribution is 2.23. The number of rotatable bonds is 4. The van der Waals surface area contributed by atoms with Gasteiger partial charge in [-0.25, -0.2) is 4.98 Å². The summed E-state index contributed by atoms with van der Waals surface area (Å²) in [6, 6.07) is 7.17. The van der Waals surface area contributed by atoms with Crippen molar-refractivity contribution in [3.8, 4) is 10.6 Å². The van der Waals surface area contributed by atoms with E-state index in [0.29, 0.717) is 31.9 Å². The second kappa shape index (κ2) is 7.71. The molecule has 0 aliphatic carbocycles. The smallest absolute Gasteiger partial charge is 0.289 e. The normalized spacial score (nSPS) is 14.4. The standard InChI is InChI=1S/C19H18N4O3S/c24-17(11-15-13-27-18(21-15)14-3-1-5-20-12-14)22-6-8-23(9-7-22)19(25)16-4-2-10-26-16/h1-5,10,12-13H,6-9,11H2. The molecule has 7 nitrogen and oxygen atoms in total. The largest absolute Gasteiger partial charge is 0.459 e. The molecule has 1 aliphatic heterocycles. The molecule has 3 aromatic heterocycles.